The largest absolute Gasteiger partial charge is 0.338 e. The van der Waals surface area contributed by atoms with Gasteiger partial charge in [-0.1, -0.05) is 23.7 Å². The van der Waals surface area contributed by atoms with Crippen LogP contribution >= 0.6 is 11.6 Å². The second-order valence-electron chi connectivity index (χ2n) is 6.29. The monoisotopic (exact) mass is 322 g/mol. The van der Waals surface area contributed by atoms with E-state index in [4.69, 9.17) is 11.6 Å². The van der Waals surface area contributed by atoms with E-state index in [0.717, 1.165) is 0 Å². The summed E-state index contributed by atoms with van der Waals surface area (Å²) in [5.41, 5.74) is 0.685. The molecule has 0 spiro atoms. The zero-order valence-electron chi connectivity index (χ0n) is 13.5. The summed E-state index contributed by atoms with van der Waals surface area (Å²) in [5.74, 6) is -0.291. The number of anilines is 1. The molecule has 0 N–H and O–H groups in total. The minimum absolute atomic E-state index is 0.0427. The summed E-state index contributed by atoms with van der Waals surface area (Å²) in [7, 11) is 0. The molecule has 1 aromatic carbocycles. The van der Waals surface area contributed by atoms with Gasteiger partial charge >= 0.3 is 0 Å². The third-order valence-electron chi connectivity index (χ3n) is 3.98. The summed E-state index contributed by atoms with van der Waals surface area (Å²) < 4.78 is 0. The third-order valence-corrected chi connectivity index (χ3v) is 4.30. The molecule has 1 aromatic rings. The summed E-state index contributed by atoms with van der Waals surface area (Å²) in [6.45, 7) is 8.40. The normalized spacial score (nSPS) is 18.4. The van der Waals surface area contributed by atoms with Gasteiger partial charge in [0.25, 0.3) is 0 Å². The Balaban J connectivity index is 2.19. The molecule has 0 aromatic heterocycles. The van der Waals surface area contributed by atoms with Crippen LogP contribution in [-0.2, 0) is 9.59 Å². The van der Waals surface area contributed by atoms with E-state index in [9.17, 15) is 9.59 Å². The molecule has 1 unspecified atom stereocenters. The second kappa shape index (κ2) is 6.69. The van der Waals surface area contributed by atoms with Crippen LogP contribution in [0.2, 0.25) is 5.02 Å². The number of benzene rings is 1. The summed E-state index contributed by atoms with van der Waals surface area (Å²) in [6.07, 6.45) is 0.250. The summed E-state index contributed by atoms with van der Waals surface area (Å²) in [4.78, 5) is 28.5. The molecule has 1 aliphatic rings. The molecule has 1 fully saturated rings. The molecule has 4 nitrogen and oxygen atoms in total. The summed E-state index contributed by atoms with van der Waals surface area (Å²) >= 11 is 6.17. The first-order chi connectivity index (χ1) is 10.3. The highest BCUT2D eigenvalue weighted by Gasteiger charge is 2.38. The Hall–Kier alpha value is -1.55. The van der Waals surface area contributed by atoms with Gasteiger partial charge in [0.05, 0.1) is 16.6 Å². The molecule has 120 valence electrons. The van der Waals surface area contributed by atoms with E-state index in [1.165, 1.54) is 0 Å². The van der Waals surface area contributed by atoms with E-state index in [-0.39, 0.29) is 36.2 Å². The van der Waals surface area contributed by atoms with Gasteiger partial charge in [-0.25, -0.2) is 0 Å². The maximum atomic E-state index is 12.7. The molecule has 0 bridgehead atoms. The van der Waals surface area contributed by atoms with Gasteiger partial charge in [0.15, 0.2) is 0 Å². The molecule has 0 saturated carbocycles. The number of rotatable bonds is 4. The highest BCUT2D eigenvalue weighted by Crippen LogP contribution is 2.32. The molecular weight excluding hydrogens is 300 g/mol. The minimum atomic E-state index is -0.298. The molecule has 2 rings (SSSR count). The molecule has 2 amide bonds. The van der Waals surface area contributed by atoms with Crippen molar-refractivity contribution in [1.82, 2.24) is 4.90 Å². The number of nitrogens with zero attached hydrogens (tertiary/aromatic N) is 2. The number of amides is 2. The van der Waals surface area contributed by atoms with Gasteiger partial charge in [-0.2, -0.15) is 0 Å². The molecule has 1 heterocycles. The van der Waals surface area contributed by atoms with Crippen molar-refractivity contribution in [3.05, 3.63) is 29.3 Å². The van der Waals surface area contributed by atoms with E-state index < -0.39 is 0 Å². The first-order valence-corrected chi connectivity index (χ1v) is 8.07. The summed E-state index contributed by atoms with van der Waals surface area (Å²) in [5, 5.41) is 0.536. The molecule has 1 aliphatic heterocycles. The van der Waals surface area contributed by atoms with Gasteiger partial charge in [-0.05, 0) is 39.8 Å². The topological polar surface area (TPSA) is 40.6 Å². The van der Waals surface area contributed by atoms with Gasteiger partial charge in [0.2, 0.25) is 11.8 Å². The van der Waals surface area contributed by atoms with Gasteiger partial charge in [-0.15, -0.1) is 0 Å². The van der Waals surface area contributed by atoms with Crippen LogP contribution in [0.4, 0.5) is 5.69 Å². The molecular formula is C17H23ClN2O2. The van der Waals surface area contributed by atoms with Gasteiger partial charge in [0.1, 0.15) is 0 Å². The Kier molecular flexibility index (Phi) is 5.12. The van der Waals surface area contributed by atoms with Crippen LogP contribution < -0.4 is 4.90 Å². The lowest BCUT2D eigenvalue weighted by Gasteiger charge is -2.33. The standard InChI is InChI=1S/C17H23ClN2O2/c1-11(2)20(12(3)4)17(22)13-9-16(21)19(10-13)15-8-6-5-7-14(15)18/h5-8,11-13H,9-10H2,1-4H3. The maximum absolute atomic E-state index is 12.7. The fourth-order valence-electron chi connectivity index (χ4n) is 3.09. The number of halogens is 1. The molecule has 1 atom stereocenters. The third kappa shape index (κ3) is 3.27. The Labute approximate surface area is 137 Å². The summed E-state index contributed by atoms with van der Waals surface area (Å²) in [6, 6.07) is 7.49. The van der Waals surface area contributed by atoms with Crippen LogP contribution in [0.25, 0.3) is 0 Å². The molecule has 22 heavy (non-hydrogen) atoms. The van der Waals surface area contributed by atoms with Crippen LogP contribution in [0.1, 0.15) is 34.1 Å². The smallest absolute Gasteiger partial charge is 0.228 e. The van der Waals surface area contributed by atoms with E-state index in [1.807, 2.05) is 50.8 Å². The lowest BCUT2D eigenvalue weighted by Crippen LogP contribution is -2.45. The Bertz CT molecular complexity index is 564. The van der Waals surface area contributed by atoms with Crippen LogP contribution in [0.15, 0.2) is 24.3 Å². The molecule has 0 radical (unpaired) electrons. The second-order valence-corrected chi connectivity index (χ2v) is 6.70. The minimum Gasteiger partial charge on any atom is -0.338 e. The molecule has 0 aliphatic carbocycles. The fraction of sp³-hybridized carbons (Fsp3) is 0.529. The number of carbonyl (C=O) groups is 2. The van der Waals surface area contributed by atoms with Crippen molar-refractivity contribution in [2.24, 2.45) is 5.92 Å². The number of hydrogen-bond donors (Lipinski definition) is 0. The zero-order chi connectivity index (χ0) is 16.4. The number of para-hydroxylation sites is 1. The SMILES string of the molecule is CC(C)N(C(=O)C1CC(=O)N(c2ccccc2Cl)C1)C(C)C. The first kappa shape index (κ1) is 16.8. The average molecular weight is 323 g/mol. The number of carbonyl (C=O) groups excluding carboxylic acids is 2. The lowest BCUT2D eigenvalue weighted by atomic mass is 10.0. The van der Waals surface area contributed by atoms with Crippen molar-refractivity contribution in [2.75, 3.05) is 11.4 Å². The average Bonchev–Trinajstić information content (AvgIpc) is 2.80. The first-order valence-electron chi connectivity index (χ1n) is 7.70. The number of hydrogen-bond acceptors (Lipinski definition) is 2. The Morgan fingerprint density at radius 3 is 2.36 bits per heavy atom. The lowest BCUT2D eigenvalue weighted by molar-refractivity contribution is -0.139. The molecule has 1 saturated heterocycles. The highest BCUT2D eigenvalue weighted by molar-refractivity contribution is 6.33. The van der Waals surface area contributed by atoms with Crippen molar-refractivity contribution in [1.29, 1.82) is 0 Å². The van der Waals surface area contributed by atoms with Crippen molar-refractivity contribution in [2.45, 2.75) is 46.2 Å². The van der Waals surface area contributed by atoms with E-state index in [1.54, 1.807) is 11.0 Å². The van der Waals surface area contributed by atoms with Gasteiger partial charge in [-0.3, -0.25) is 9.59 Å². The van der Waals surface area contributed by atoms with E-state index >= 15 is 0 Å². The van der Waals surface area contributed by atoms with E-state index in [0.29, 0.717) is 17.3 Å². The Morgan fingerprint density at radius 1 is 1.23 bits per heavy atom. The highest BCUT2D eigenvalue weighted by atomic mass is 35.5. The molecule has 5 heteroatoms. The van der Waals surface area contributed by atoms with Crippen LogP contribution in [0.5, 0.6) is 0 Å². The van der Waals surface area contributed by atoms with Crippen LogP contribution in [-0.4, -0.2) is 35.3 Å². The van der Waals surface area contributed by atoms with Crippen molar-refractivity contribution >= 4 is 29.1 Å². The van der Waals surface area contributed by atoms with Gasteiger partial charge < -0.3 is 9.80 Å². The van der Waals surface area contributed by atoms with E-state index in [2.05, 4.69) is 0 Å². The van der Waals surface area contributed by atoms with Gasteiger partial charge in [0, 0.05) is 25.0 Å². The van der Waals surface area contributed by atoms with Crippen LogP contribution in [0, 0.1) is 5.92 Å². The van der Waals surface area contributed by atoms with Crippen LogP contribution in [0.3, 0.4) is 0 Å². The van der Waals surface area contributed by atoms with Crippen molar-refractivity contribution in [3.63, 3.8) is 0 Å². The maximum Gasteiger partial charge on any atom is 0.228 e. The quantitative estimate of drug-likeness (QED) is 0.853. The van der Waals surface area contributed by atoms with Crippen molar-refractivity contribution < 1.29 is 9.59 Å². The predicted molar refractivity (Wildman–Crippen MR) is 89.0 cm³/mol. The zero-order valence-corrected chi connectivity index (χ0v) is 14.3. The fourth-order valence-corrected chi connectivity index (χ4v) is 3.33. The van der Waals surface area contributed by atoms with Crippen molar-refractivity contribution in [3.8, 4) is 0 Å². The predicted octanol–water partition coefficient (Wildman–Crippen LogP) is 3.34. The Morgan fingerprint density at radius 2 is 1.82 bits per heavy atom.